The van der Waals surface area contributed by atoms with Crippen molar-refractivity contribution in [3.8, 4) is 0 Å². The second-order valence-electron chi connectivity index (χ2n) is 6.91. The number of aromatic nitrogens is 3. The van der Waals surface area contributed by atoms with E-state index in [4.69, 9.17) is 4.99 Å². The van der Waals surface area contributed by atoms with Crippen molar-refractivity contribution in [1.29, 1.82) is 0 Å². The molecule has 24 heavy (non-hydrogen) atoms. The summed E-state index contributed by atoms with van der Waals surface area (Å²) in [4.78, 5) is 7.33. The second kappa shape index (κ2) is 7.76. The lowest BCUT2D eigenvalue weighted by Gasteiger charge is -2.45. The fraction of sp³-hybridized carbons (Fsp3) is 0.824. The zero-order valence-corrected chi connectivity index (χ0v) is 16.0. The monoisotopic (exact) mass is 350 g/mol. The van der Waals surface area contributed by atoms with Crippen LogP contribution in [-0.4, -0.2) is 55.8 Å². The highest BCUT2D eigenvalue weighted by atomic mass is 32.2. The second-order valence-corrected chi connectivity index (χ2v) is 8.47. The predicted molar refractivity (Wildman–Crippen MR) is 100 cm³/mol. The Bertz CT molecular complexity index is 570. The number of rotatable bonds is 3. The van der Waals surface area contributed by atoms with Gasteiger partial charge in [-0.25, -0.2) is 4.99 Å². The molecule has 2 fully saturated rings. The molecule has 1 spiro atoms. The van der Waals surface area contributed by atoms with Crippen molar-refractivity contribution in [1.82, 2.24) is 25.0 Å². The van der Waals surface area contributed by atoms with Crippen molar-refractivity contribution in [2.24, 2.45) is 12.0 Å². The molecular formula is C17H30N6S. The molecule has 7 heteroatoms. The number of aryl methyl sites for hydroxylation is 1. The summed E-state index contributed by atoms with van der Waals surface area (Å²) in [6.45, 7) is 7.79. The largest absolute Gasteiger partial charge is 0.357 e. The van der Waals surface area contributed by atoms with Crippen LogP contribution in [0.15, 0.2) is 4.99 Å². The van der Waals surface area contributed by atoms with Gasteiger partial charge >= 0.3 is 0 Å². The Labute approximate surface area is 149 Å². The first-order valence-electron chi connectivity index (χ1n) is 9.16. The van der Waals surface area contributed by atoms with E-state index >= 15 is 0 Å². The van der Waals surface area contributed by atoms with Gasteiger partial charge in [-0.3, -0.25) is 0 Å². The van der Waals surface area contributed by atoms with Crippen molar-refractivity contribution in [3.63, 3.8) is 0 Å². The first-order valence-corrected chi connectivity index (χ1v) is 10.1. The summed E-state index contributed by atoms with van der Waals surface area (Å²) < 4.78 is 2.47. The molecule has 134 valence electrons. The highest BCUT2D eigenvalue weighted by Gasteiger charge is 2.38. The molecule has 1 saturated carbocycles. The Morgan fingerprint density at radius 2 is 2.08 bits per heavy atom. The van der Waals surface area contributed by atoms with Crippen LogP contribution >= 0.6 is 11.8 Å². The van der Waals surface area contributed by atoms with E-state index in [1.165, 1.54) is 37.9 Å². The van der Waals surface area contributed by atoms with Crippen LogP contribution in [0.3, 0.4) is 0 Å². The van der Waals surface area contributed by atoms with Crippen molar-refractivity contribution >= 4 is 17.7 Å². The van der Waals surface area contributed by atoms with Gasteiger partial charge in [0.15, 0.2) is 11.8 Å². The Morgan fingerprint density at radius 1 is 1.29 bits per heavy atom. The fourth-order valence-corrected chi connectivity index (χ4v) is 5.25. The van der Waals surface area contributed by atoms with E-state index in [0.29, 0.717) is 11.3 Å². The molecule has 0 atom stereocenters. The summed E-state index contributed by atoms with van der Waals surface area (Å²) in [5.74, 6) is 4.08. The molecule has 1 saturated heterocycles. The van der Waals surface area contributed by atoms with Crippen LogP contribution in [0, 0.1) is 6.92 Å². The van der Waals surface area contributed by atoms with Crippen LogP contribution in [0.5, 0.6) is 0 Å². The highest BCUT2D eigenvalue weighted by Crippen LogP contribution is 2.42. The number of nitrogens with zero attached hydrogens (tertiary/aromatic N) is 5. The van der Waals surface area contributed by atoms with Gasteiger partial charge in [-0.2, -0.15) is 11.8 Å². The summed E-state index contributed by atoms with van der Waals surface area (Å²) >= 11 is 2.20. The van der Waals surface area contributed by atoms with Crippen LogP contribution in [0.25, 0.3) is 0 Å². The van der Waals surface area contributed by atoms with Gasteiger partial charge in [-0.1, -0.05) is 19.3 Å². The summed E-state index contributed by atoms with van der Waals surface area (Å²) in [6.07, 6.45) is 6.88. The topological polar surface area (TPSA) is 58.3 Å². The van der Waals surface area contributed by atoms with Crippen molar-refractivity contribution in [3.05, 3.63) is 11.6 Å². The van der Waals surface area contributed by atoms with Crippen LogP contribution in [0.4, 0.5) is 0 Å². The number of thioether (sulfide) groups is 1. The van der Waals surface area contributed by atoms with Crippen molar-refractivity contribution in [2.45, 2.75) is 57.2 Å². The molecule has 2 aliphatic rings. The van der Waals surface area contributed by atoms with E-state index in [1.807, 2.05) is 18.5 Å². The van der Waals surface area contributed by atoms with E-state index in [1.54, 1.807) is 0 Å². The smallest absolute Gasteiger partial charge is 0.194 e. The van der Waals surface area contributed by atoms with Crippen molar-refractivity contribution < 1.29 is 0 Å². The Morgan fingerprint density at radius 3 is 2.75 bits per heavy atom. The standard InChI is InChI=1S/C17H30N6S/c1-4-18-16(19-12-15-21-20-14(2)22(15)3)23-10-11-24-17(13-23)8-6-5-7-9-17/h4-13H2,1-3H3,(H,18,19). The van der Waals surface area contributed by atoms with E-state index < -0.39 is 0 Å². The summed E-state index contributed by atoms with van der Waals surface area (Å²) in [5, 5.41) is 11.8. The third kappa shape index (κ3) is 3.87. The van der Waals surface area contributed by atoms with Gasteiger partial charge in [-0.05, 0) is 26.7 Å². The SMILES string of the molecule is CCNC(=NCc1nnc(C)n1C)N1CCSC2(CCCCC2)C1. The van der Waals surface area contributed by atoms with E-state index in [2.05, 4.69) is 39.1 Å². The molecule has 1 aliphatic heterocycles. The van der Waals surface area contributed by atoms with Crippen LogP contribution in [0.2, 0.25) is 0 Å². The minimum atomic E-state index is 0.452. The average Bonchev–Trinajstić information content (AvgIpc) is 2.91. The molecule has 1 N–H and O–H groups in total. The molecule has 3 rings (SSSR count). The Balaban J connectivity index is 1.72. The quantitative estimate of drug-likeness (QED) is 0.670. The maximum atomic E-state index is 4.86. The molecule has 1 aromatic rings. The Kier molecular flexibility index (Phi) is 5.69. The van der Waals surface area contributed by atoms with Gasteiger partial charge in [-0.15, -0.1) is 10.2 Å². The molecule has 0 aromatic carbocycles. The lowest BCUT2D eigenvalue weighted by atomic mass is 9.87. The Hall–Kier alpha value is -1.24. The molecule has 1 aromatic heterocycles. The van der Waals surface area contributed by atoms with Crippen LogP contribution < -0.4 is 5.32 Å². The minimum absolute atomic E-state index is 0.452. The van der Waals surface area contributed by atoms with Crippen LogP contribution in [0.1, 0.15) is 50.7 Å². The van der Waals surface area contributed by atoms with Gasteiger partial charge in [0, 0.05) is 37.2 Å². The van der Waals surface area contributed by atoms with Crippen LogP contribution in [-0.2, 0) is 13.6 Å². The summed E-state index contributed by atoms with van der Waals surface area (Å²) in [7, 11) is 2.00. The van der Waals surface area contributed by atoms with Gasteiger partial charge in [0.1, 0.15) is 12.4 Å². The van der Waals surface area contributed by atoms with Gasteiger partial charge in [0.2, 0.25) is 0 Å². The third-order valence-corrected chi connectivity index (χ3v) is 6.74. The number of hydrogen-bond acceptors (Lipinski definition) is 4. The van der Waals surface area contributed by atoms with E-state index in [0.717, 1.165) is 37.2 Å². The van der Waals surface area contributed by atoms with Gasteiger partial charge in [0.25, 0.3) is 0 Å². The average molecular weight is 351 g/mol. The number of hydrogen-bond donors (Lipinski definition) is 1. The number of aliphatic imine (C=N–C) groups is 1. The molecule has 2 heterocycles. The first-order chi connectivity index (χ1) is 11.6. The molecule has 0 bridgehead atoms. The highest BCUT2D eigenvalue weighted by molar-refractivity contribution is 8.00. The minimum Gasteiger partial charge on any atom is -0.357 e. The molecular weight excluding hydrogens is 320 g/mol. The molecule has 0 amide bonds. The number of nitrogens with one attached hydrogen (secondary N) is 1. The summed E-state index contributed by atoms with van der Waals surface area (Å²) in [5.41, 5.74) is 0. The zero-order valence-electron chi connectivity index (χ0n) is 15.2. The van der Waals surface area contributed by atoms with E-state index in [9.17, 15) is 0 Å². The van der Waals surface area contributed by atoms with Gasteiger partial charge < -0.3 is 14.8 Å². The van der Waals surface area contributed by atoms with Gasteiger partial charge in [0.05, 0.1) is 0 Å². The third-order valence-electron chi connectivity index (χ3n) is 5.20. The normalized spacial score (nSPS) is 21.3. The lowest BCUT2D eigenvalue weighted by Crippen LogP contribution is -2.53. The maximum Gasteiger partial charge on any atom is 0.194 e. The molecule has 0 unspecified atom stereocenters. The predicted octanol–water partition coefficient (Wildman–Crippen LogP) is 2.34. The first kappa shape index (κ1) is 17.6. The molecule has 1 aliphatic carbocycles. The van der Waals surface area contributed by atoms with E-state index in [-0.39, 0.29) is 0 Å². The summed E-state index contributed by atoms with van der Waals surface area (Å²) in [6, 6.07) is 0. The fourth-order valence-electron chi connectivity index (χ4n) is 3.68. The number of guanidine groups is 1. The lowest BCUT2D eigenvalue weighted by molar-refractivity contribution is 0.293. The molecule has 0 radical (unpaired) electrons. The van der Waals surface area contributed by atoms with Crippen molar-refractivity contribution in [2.75, 3.05) is 25.4 Å². The zero-order chi connectivity index (χ0) is 17.0. The molecule has 6 nitrogen and oxygen atoms in total. The maximum absolute atomic E-state index is 4.86.